The number of aryl methyl sites for hydroxylation is 1. The van der Waals surface area contributed by atoms with Crippen LogP contribution in [0.4, 0.5) is 5.69 Å². The maximum absolute atomic E-state index is 2.55. The van der Waals surface area contributed by atoms with Gasteiger partial charge in [0.2, 0.25) is 5.52 Å². The molecule has 0 N–H and O–H groups in total. The van der Waals surface area contributed by atoms with Crippen LogP contribution in [0, 0.1) is 0 Å². The van der Waals surface area contributed by atoms with Crippen molar-refractivity contribution in [3.05, 3.63) is 101 Å². The number of benzene rings is 4. The highest BCUT2D eigenvalue weighted by molar-refractivity contribution is 7.19. The van der Waals surface area contributed by atoms with Gasteiger partial charge in [0.25, 0.3) is 5.01 Å². The lowest BCUT2D eigenvalue weighted by Gasteiger charge is -2.21. The summed E-state index contributed by atoms with van der Waals surface area (Å²) in [6, 6.07) is 26.8. The minimum Gasteiger partial charge on any atom is -0.345 e. The molecule has 1 aromatic heterocycles. The number of aromatic nitrogens is 1. The summed E-state index contributed by atoms with van der Waals surface area (Å²) in [6.45, 7) is 6.69. The average Bonchev–Trinajstić information content (AvgIpc) is 3.48. The van der Waals surface area contributed by atoms with Gasteiger partial charge >= 0.3 is 0 Å². The number of rotatable bonds is 8. The third kappa shape index (κ3) is 4.46. The Balaban J connectivity index is 1.39. The van der Waals surface area contributed by atoms with E-state index >= 15 is 0 Å². The van der Waals surface area contributed by atoms with Crippen LogP contribution in [0.15, 0.2) is 90.6 Å². The molecule has 0 amide bonds. The van der Waals surface area contributed by atoms with E-state index in [0.29, 0.717) is 0 Å². The molecule has 5 aromatic rings. The summed E-state index contributed by atoms with van der Waals surface area (Å²) in [4.78, 5) is 2.55. The van der Waals surface area contributed by atoms with Gasteiger partial charge in [-0.2, -0.15) is 4.57 Å². The molecule has 0 radical (unpaired) electrons. The molecule has 2 heterocycles. The molecule has 6 rings (SSSR count). The molecule has 0 spiro atoms. The third-order valence-corrected chi connectivity index (χ3v) is 8.83. The van der Waals surface area contributed by atoms with Gasteiger partial charge in [0, 0.05) is 48.3 Å². The Bertz CT molecular complexity index is 1640. The summed E-state index contributed by atoms with van der Waals surface area (Å²) in [5.74, 6) is 0. The maximum atomic E-state index is 2.55. The van der Waals surface area contributed by atoms with Crippen LogP contribution < -0.4 is 9.47 Å². The molecule has 2 nitrogen and oxygen atoms in total. The van der Waals surface area contributed by atoms with Crippen molar-refractivity contribution in [2.24, 2.45) is 0 Å². The van der Waals surface area contributed by atoms with Gasteiger partial charge < -0.3 is 4.90 Å². The first-order valence-electron chi connectivity index (χ1n) is 13.8. The molecule has 0 aliphatic carbocycles. The number of fused-ring (bicyclic) bond motifs is 6. The molecule has 37 heavy (non-hydrogen) atoms. The van der Waals surface area contributed by atoms with Crippen molar-refractivity contribution in [2.45, 2.75) is 52.5 Å². The van der Waals surface area contributed by atoms with E-state index in [1.807, 2.05) is 11.3 Å². The van der Waals surface area contributed by atoms with E-state index in [4.69, 9.17) is 0 Å². The van der Waals surface area contributed by atoms with Crippen LogP contribution in [0.1, 0.15) is 50.1 Å². The second-order valence-electron chi connectivity index (χ2n) is 10.1. The van der Waals surface area contributed by atoms with Crippen LogP contribution in [-0.2, 0) is 13.0 Å². The topological polar surface area (TPSA) is 7.12 Å². The summed E-state index contributed by atoms with van der Waals surface area (Å²) < 4.78 is 3.92. The minimum absolute atomic E-state index is 0.998. The van der Waals surface area contributed by atoms with Crippen molar-refractivity contribution in [3.8, 4) is 0 Å². The highest BCUT2D eigenvalue weighted by atomic mass is 32.1. The van der Waals surface area contributed by atoms with E-state index in [-0.39, 0.29) is 0 Å². The fourth-order valence-electron chi connectivity index (χ4n) is 5.67. The van der Waals surface area contributed by atoms with Gasteiger partial charge in [-0.05, 0) is 46.4 Å². The second-order valence-corrected chi connectivity index (χ2v) is 11.1. The molecule has 186 valence electrons. The largest absolute Gasteiger partial charge is 0.345 e. The van der Waals surface area contributed by atoms with E-state index in [1.165, 1.54) is 79.4 Å². The van der Waals surface area contributed by atoms with Crippen molar-refractivity contribution in [1.29, 1.82) is 0 Å². The number of anilines is 1. The molecule has 0 saturated heterocycles. The number of nitrogens with zero attached hydrogens (tertiary/aromatic N) is 2. The van der Waals surface area contributed by atoms with Gasteiger partial charge in [-0.15, -0.1) is 0 Å². The van der Waals surface area contributed by atoms with Crippen LogP contribution in [0.5, 0.6) is 0 Å². The van der Waals surface area contributed by atoms with Crippen LogP contribution in [0.2, 0.25) is 0 Å². The molecule has 1 aliphatic heterocycles. The van der Waals surface area contributed by atoms with Gasteiger partial charge in [0.15, 0.2) is 6.54 Å². The molecule has 0 bridgehead atoms. The molecule has 3 heteroatoms. The molecule has 0 unspecified atom stereocenters. The number of hydrogen-bond acceptors (Lipinski definition) is 2. The van der Waals surface area contributed by atoms with Crippen molar-refractivity contribution >= 4 is 54.9 Å². The lowest BCUT2D eigenvalue weighted by atomic mass is 10.0. The summed E-state index contributed by atoms with van der Waals surface area (Å²) >= 11 is 1.92. The summed E-state index contributed by atoms with van der Waals surface area (Å²) in [5.41, 5.74) is 5.62. The van der Waals surface area contributed by atoms with Gasteiger partial charge in [-0.3, -0.25) is 0 Å². The highest BCUT2D eigenvalue weighted by Crippen LogP contribution is 2.39. The molecular formula is C34H35N2S+. The highest BCUT2D eigenvalue weighted by Gasteiger charge is 2.25. The van der Waals surface area contributed by atoms with E-state index in [2.05, 4.69) is 114 Å². The molecule has 0 saturated carbocycles. The number of unbranched alkanes of at least 4 members (excludes halogenated alkanes) is 2. The standard InChI is InChI=1S/C34H35N2S/c1-3-5-22-35-27(24-30-28-15-9-7-12-25(28)18-20-31(30)35)14-11-17-33-36(23-6-4-2)32-21-19-26-13-8-10-16-29(26)34(32)37-33/h7-21H,3-6,22-24H2,1-2H3/q+1. The molecule has 4 aromatic carbocycles. The smallest absolute Gasteiger partial charge is 0.262 e. The number of hydrogen-bond donors (Lipinski definition) is 0. The maximum Gasteiger partial charge on any atom is 0.262 e. The zero-order chi connectivity index (χ0) is 25.2. The van der Waals surface area contributed by atoms with Crippen molar-refractivity contribution < 1.29 is 4.57 Å². The Morgan fingerprint density at radius 2 is 1.57 bits per heavy atom. The third-order valence-electron chi connectivity index (χ3n) is 7.63. The number of thiazole rings is 1. The van der Waals surface area contributed by atoms with E-state index in [1.54, 1.807) is 0 Å². The molecular weight excluding hydrogens is 468 g/mol. The predicted molar refractivity (Wildman–Crippen MR) is 161 cm³/mol. The minimum atomic E-state index is 0.998. The fraction of sp³-hybridized carbons (Fsp3) is 0.265. The monoisotopic (exact) mass is 503 g/mol. The van der Waals surface area contributed by atoms with Crippen LogP contribution in [0.25, 0.3) is 37.8 Å². The van der Waals surface area contributed by atoms with E-state index < -0.39 is 0 Å². The van der Waals surface area contributed by atoms with Crippen LogP contribution >= 0.6 is 11.3 Å². The molecule has 1 aliphatic rings. The zero-order valence-electron chi connectivity index (χ0n) is 21.9. The van der Waals surface area contributed by atoms with Gasteiger partial charge in [0.05, 0.1) is 0 Å². The summed E-state index contributed by atoms with van der Waals surface area (Å²) in [5, 5.41) is 6.74. The second kappa shape index (κ2) is 10.5. The van der Waals surface area contributed by atoms with Crippen LogP contribution in [-0.4, -0.2) is 6.54 Å². The molecule has 0 fully saturated rings. The first-order chi connectivity index (χ1) is 18.3. The Hall–Kier alpha value is -3.43. The van der Waals surface area contributed by atoms with Crippen molar-refractivity contribution in [1.82, 2.24) is 0 Å². The van der Waals surface area contributed by atoms with Crippen LogP contribution in [0.3, 0.4) is 0 Å². The Morgan fingerprint density at radius 3 is 2.38 bits per heavy atom. The lowest BCUT2D eigenvalue weighted by molar-refractivity contribution is -0.669. The van der Waals surface area contributed by atoms with Gasteiger partial charge in [0.1, 0.15) is 4.70 Å². The number of allylic oxidation sites excluding steroid dienone is 3. The van der Waals surface area contributed by atoms with E-state index in [0.717, 1.165) is 19.5 Å². The SMILES string of the molecule is CCCCN1C(=CC=Cc2sc3c4ccccc4ccc3[n+]2CCCC)Cc2c1ccc1ccccc21. The fourth-order valence-corrected chi connectivity index (χ4v) is 6.90. The lowest BCUT2D eigenvalue weighted by Crippen LogP contribution is -2.34. The Morgan fingerprint density at radius 1 is 0.838 bits per heavy atom. The molecule has 0 atom stereocenters. The summed E-state index contributed by atoms with van der Waals surface area (Å²) in [7, 11) is 0. The normalized spacial score (nSPS) is 14.6. The van der Waals surface area contributed by atoms with Gasteiger partial charge in [-0.1, -0.05) is 98.7 Å². The predicted octanol–water partition coefficient (Wildman–Crippen LogP) is 9.06. The Labute approximate surface area is 224 Å². The quantitative estimate of drug-likeness (QED) is 0.192. The van der Waals surface area contributed by atoms with Gasteiger partial charge in [-0.25, -0.2) is 0 Å². The van der Waals surface area contributed by atoms with Crippen molar-refractivity contribution in [3.63, 3.8) is 0 Å². The summed E-state index contributed by atoms with van der Waals surface area (Å²) in [6.07, 6.45) is 12.8. The average molecular weight is 504 g/mol. The first-order valence-corrected chi connectivity index (χ1v) is 14.6. The Kier molecular flexibility index (Phi) is 6.80. The first kappa shape index (κ1) is 23.9. The zero-order valence-corrected chi connectivity index (χ0v) is 22.7. The van der Waals surface area contributed by atoms with Crippen molar-refractivity contribution in [2.75, 3.05) is 11.4 Å². The van der Waals surface area contributed by atoms with E-state index in [9.17, 15) is 0 Å².